The van der Waals surface area contributed by atoms with Crippen LogP contribution in [0.15, 0.2) is 60.7 Å². The van der Waals surface area contributed by atoms with Gasteiger partial charge in [-0.05, 0) is 53.6 Å². The van der Waals surface area contributed by atoms with Gasteiger partial charge in [0.15, 0.2) is 0 Å². The molecule has 0 atom stereocenters. The van der Waals surface area contributed by atoms with Gasteiger partial charge in [0.05, 0.1) is 12.7 Å². The summed E-state index contributed by atoms with van der Waals surface area (Å²) in [5.41, 5.74) is 2.01. The van der Waals surface area contributed by atoms with E-state index in [-0.39, 0.29) is 11.8 Å². The molecule has 0 aromatic heterocycles. The minimum atomic E-state index is -0.234. The molecule has 0 saturated carbocycles. The average Bonchev–Trinajstić information content (AvgIpc) is 3.13. The molecule has 1 saturated heterocycles. The Morgan fingerprint density at radius 1 is 1.04 bits per heavy atom. The summed E-state index contributed by atoms with van der Waals surface area (Å²) in [6.07, 6.45) is 1.49. The molecule has 5 nitrogen and oxygen atoms in total. The maximum atomic E-state index is 12.8. The molecule has 1 aliphatic heterocycles. The van der Waals surface area contributed by atoms with E-state index in [1.807, 2.05) is 60.7 Å². The van der Waals surface area contributed by atoms with Crippen molar-refractivity contribution in [2.75, 3.05) is 23.9 Å². The van der Waals surface area contributed by atoms with Crippen molar-refractivity contribution in [3.63, 3.8) is 0 Å². The molecule has 136 valence electrons. The van der Waals surface area contributed by atoms with Crippen molar-refractivity contribution in [2.24, 2.45) is 0 Å². The molecule has 2 amide bonds. The number of hydrogen-bond donors (Lipinski definition) is 1. The molecule has 1 heterocycles. The molecular formula is C22H20N2O3. The zero-order chi connectivity index (χ0) is 18.8. The van der Waals surface area contributed by atoms with E-state index in [0.717, 1.165) is 29.4 Å². The first kappa shape index (κ1) is 17.1. The van der Waals surface area contributed by atoms with Gasteiger partial charge in [-0.1, -0.05) is 24.3 Å². The number of rotatable bonds is 4. The second-order valence-electron chi connectivity index (χ2n) is 6.55. The second kappa shape index (κ2) is 7.11. The Bertz CT molecular complexity index is 1010. The van der Waals surface area contributed by atoms with E-state index in [2.05, 4.69) is 5.32 Å². The smallest absolute Gasteiger partial charge is 0.259 e. The van der Waals surface area contributed by atoms with Crippen molar-refractivity contribution in [1.29, 1.82) is 0 Å². The third-order valence-electron chi connectivity index (χ3n) is 4.82. The summed E-state index contributed by atoms with van der Waals surface area (Å²) in [6.45, 7) is 0.749. The van der Waals surface area contributed by atoms with Gasteiger partial charge in [0.2, 0.25) is 5.91 Å². The Balaban J connectivity index is 1.57. The maximum Gasteiger partial charge on any atom is 0.259 e. The van der Waals surface area contributed by atoms with Crippen LogP contribution in [0.1, 0.15) is 23.2 Å². The molecule has 0 spiro atoms. The second-order valence-corrected chi connectivity index (χ2v) is 6.55. The van der Waals surface area contributed by atoms with Crippen LogP contribution in [-0.2, 0) is 4.79 Å². The largest absolute Gasteiger partial charge is 0.496 e. The zero-order valence-electron chi connectivity index (χ0n) is 15.1. The van der Waals surface area contributed by atoms with Crippen LogP contribution in [0.3, 0.4) is 0 Å². The Morgan fingerprint density at radius 3 is 2.37 bits per heavy atom. The molecule has 1 N–H and O–H groups in total. The normalized spacial score (nSPS) is 13.8. The average molecular weight is 360 g/mol. The predicted octanol–water partition coefficient (Wildman–Crippen LogP) is 4.23. The van der Waals surface area contributed by atoms with Gasteiger partial charge in [-0.3, -0.25) is 9.59 Å². The third-order valence-corrected chi connectivity index (χ3v) is 4.82. The maximum absolute atomic E-state index is 12.8. The Labute approximate surface area is 157 Å². The van der Waals surface area contributed by atoms with Crippen LogP contribution in [0.5, 0.6) is 5.75 Å². The molecule has 4 rings (SSSR count). The Hall–Kier alpha value is -3.34. The molecule has 0 radical (unpaired) electrons. The number of carbonyl (C=O) groups is 2. The van der Waals surface area contributed by atoms with Crippen LogP contribution >= 0.6 is 0 Å². The Morgan fingerprint density at radius 2 is 1.74 bits per heavy atom. The van der Waals surface area contributed by atoms with E-state index >= 15 is 0 Å². The van der Waals surface area contributed by atoms with E-state index < -0.39 is 0 Å². The fourth-order valence-corrected chi connectivity index (χ4v) is 3.41. The highest BCUT2D eigenvalue weighted by atomic mass is 16.5. The van der Waals surface area contributed by atoms with Gasteiger partial charge in [-0.15, -0.1) is 0 Å². The van der Waals surface area contributed by atoms with Crippen molar-refractivity contribution >= 4 is 34.0 Å². The van der Waals surface area contributed by atoms with E-state index in [0.29, 0.717) is 23.4 Å². The highest BCUT2D eigenvalue weighted by Crippen LogP contribution is 2.27. The topological polar surface area (TPSA) is 58.6 Å². The number of nitrogens with zero attached hydrogens (tertiary/aromatic N) is 1. The number of hydrogen-bond acceptors (Lipinski definition) is 3. The number of amides is 2. The van der Waals surface area contributed by atoms with Gasteiger partial charge >= 0.3 is 0 Å². The first-order valence-electron chi connectivity index (χ1n) is 8.94. The first-order chi connectivity index (χ1) is 13.2. The van der Waals surface area contributed by atoms with E-state index in [1.54, 1.807) is 12.0 Å². The summed E-state index contributed by atoms with van der Waals surface area (Å²) in [5, 5.41) is 4.90. The van der Waals surface area contributed by atoms with Crippen molar-refractivity contribution in [2.45, 2.75) is 12.8 Å². The summed E-state index contributed by atoms with van der Waals surface area (Å²) in [4.78, 5) is 26.4. The molecule has 5 heteroatoms. The van der Waals surface area contributed by atoms with Crippen molar-refractivity contribution in [3.05, 3.63) is 66.2 Å². The number of methoxy groups -OCH3 is 1. The summed E-state index contributed by atoms with van der Waals surface area (Å²) in [6, 6.07) is 18.9. The lowest BCUT2D eigenvalue weighted by molar-refractivity contribution is -0.117. The van der Waals surface area contributed by atoms with Crippen LogP contribution in [0.2, 0.25) is 0 Å². The lowest BCUT2D eigenvalue weighted by Gasteiger charge is -2.16. The summed E-state index contributed by atoms with van der Waals surface area (Å²) in [5.74, 6) is 0.445. The van der Waals surface area contributed by atoms with Gasteiger partial charge in [0, 0.05) is 24.3 Å². The molecule has 0 bridgehead atoms. The number of fused-ring (bicyclic) bond motifs is 1. The zero-order valence-corrected chi connectivity index (χ0v) is 15.1. The van der Waals surface area contributed by atoms with Crippen molar-refractivity contribution in [3.8, 4) is 5.75 Å². The SMILES string of the molecule is COc1cc2ccccc2cc1C(=O)Nc1ccc(N2CCCC2=O)cc1. The number of anilines is 2. The summed E-state index contributed by atoms with van der Waals surface area (Å²) in [7, 11) is 1.56. The number of ether oxygens (including phenoxy) is 1. The number of carbonyl (C=O) groups excluding carboxylic acids is 2. The molecular weight excluding hydrogens is 340 g/mol. The molecule has 27 heavy (non-hydrogen) atoms. The van der Waals surface area contributed by atoms with Crippen LogP contribution in [-0.4, -0.2) is 25.5 Å². The van der Waals surface area contributed by atoms with Crippen LogP contribution in [0.25, 0.3) is 10.8 Å². The van der Waals surface area contributed by atoms with Gasteiger partial charge < -0.3 is 15.0 Å². The van der Waals surface area contributed by atoms with Gasteiger partial charge in [-0.2, -0.15) is 0 Å². The Kier molecular flexibility index (Phi) is 4.50. The quantitative estimate of drug-likeness (QED) is 0.757. The van der Waals surface area contributed by atoms with Crippen molar-refractivity contribution < 1.29 is 14.3 Å². The lowest BCUT2D eigenvalue weighted by atomic mass is 10.1. The monoisotopic (exact) mass is 360 g/mol. The highest BCUT2D eigenvalue weighted by Gasteiger charge is 2.21. The van der Waals surface area contributed by atoms with Crippen LogP contribution < -0.4 is 15.0 Å². The minimum absolute atomic E-state index is 0.146. The van der Waals surface area contributed by atoms with Crippen LogP contribution in [0, 0.1) is 0 Å². The number of benzene rings is 3. The lowest BCUT2D eigenvalue weighted by Crippen LogP contribution is -2.23. The molecule has 0 aliphatic carbocycles. The number of nitrogens with one attached hydrogen (secondary N) is 1. The predicted molar refractivity (Wildman–Crippen MR) is 106 cm³/mol. The van der Waals surface area contributed by atoms with E-state index in [1.165, 1.54) is 0 Å². The van der Waals surface area contributed by atoms with Gasteiger partial charge in [0.25, 0.3) is 5.91 Å². The molecule has 3 aromatic carbocycles. The van der Waals surface area contributed by atoms with Crippen LogP contribution in [0.4, 0.5) is 11.4 Å². The molecule has 1 aliphatic rings. The van der Waals surface area contributed by atoms with E-state index in [9.17, 15) is 9.59 Å². The van der Waals surface area contributed by atoms with Gasteiger partial charge in [0.1, 0.15) is 5.75 Å². The molecule has 1 fully saturated rings. The summed E-state index contributed by atoms with van der Waals surface area (Å²) < 4.78 is 5.41. The fraction of sp³-hybridized carbons (Fsp3) is 0.182. The van der Waals surface area contributed by atoms with E-state index in [4.69, 9.17) is 4.74 Å². The van der Waals surface area contributed by atoms with Crippen molar-refractivity contribution in [1.82, 2.24) is 0 Å². The standard InChI is InChI=1S/C22H20N2O3/c1-27-20-14-16-6-3-2-5-15(16)13-19(20)22(26)23-17-8-10-18(11-9-17)24-12-4-7-21(24)25/h2-3,5-6,8-11,13-14H,4,7,12H2,1H3,(H,23,26). The van der Waals surface area contributed by atoms with Gasteiger partial charge in [-0.25, -0.2) is 0 Å². The molecule has 0 unspecified atom stereocenters. The highest BCUT2D eigenvalue weighted by molar-refractivity contribution is 6.09. The summed E-state index contributed by atoms with van der Waals surface area (Å²) >= 11 is 0. The molecule has 3 aromatic rings. The first-order valence-corrected chi connectivity index (χ1v) is 8.94. The fourth-order valence-electron chi connectivity index (χ4n) is 3.41. The third kappa shape index (κ3) is 3.36. The minimum Gasteiger partial charge on any atom is -0.496 e.